The molecule has 1 aliphatic rings. The fraction of sp³-hybridized carbons (Fsp3) is 0.367. The van der Waals surface area contributed by atoms with Gasteiger partial charge in [0.2, 0.25) is 5.88 Å². The van der Waals surface area contributed by atoms with Crippen LogP contribution in [0.5, 0.6) is 11.6 Å². The predicted octanol–water partition coefficient (Wildman–Crippen LogP) is 6.73. The Hall–Kier alpha value is -3.57. The van der Waals surface area contributed by atoms with Gasteiger partial charge in [-0.25, -0.2) is 4.39 Å². The Morgan fingerprint density at radius 3 is 2.39 bits per heavy atom. The van der Waals surface area contributed by atoms with E-state index in [0.717, 1.165) is 68.7 Å². The lowest BCUT2D eigenvalue weighted by Gasteiger charge is -2.14. The number of aliphatic carboxylic acids is 1. The second-order valence-electron chi connectivity index (χ2n) is 9.88. The van der Waals surface area contributed by atoms with Crippen molar-refractivity contribution in [2.45, 2.75) is 64.7 Å². The number of benzene rings is 1. The Morgan fingerprint density at radius 1 is 1.05 bits per heavy atom. The average Bonchev–Trinajstić information content (AvgIpc) is 3.20. The van der Waals surface area contributed by atoms with Crippen LogP contribution in [0.25, 0.3) is 11.7 Å². The van der Waals surface area contributed by atoms with Crippen LogP contribution >= 0.6 is 24.0 Å². The predicted molar refractivity (Wildman–Crippen MR) is 162 cm³/mol. The van der Waals surface area contributed by atoms with Gasteiger partial charge < -0.3 is 9.84 Å². The van der Waals surface area contributed by atoms with Crippen LogP contribution in [-0.2, 0) is 9.59 Å². The molecule has 1 fully saturated rings. The molecule has 8 nitrogen and oxygen atoms in total. The maximum absolute atomic E-state index is 13.5. The molecule has 0 aliphatic carbocycles. The van der Waals surface area contributed by atoms with Gasteiger partial charge >= 0.3 is 5.97 Å². The van der Waals surface area contributed by atoms with E-state index < -0.39 is 17.3 Å². The van der Waals surface area contributed by atoms with Gasteiger partial charge in [0.15, 0.2) is 0 Å². The van der Waals surface area contributed by atoms with Crippen LogP contribution in [0.3, 0.4) is 0 Å². The topological polar surface area (TPSA) is 101 Å². The van der Waals surface area contributed by atoms with Crippen molar-refractivity contribution in [1.82, 2.24) is 14.3 Å². The van der Waals surface area contributed by atoms with E-state index in [0.29, 0.717) is 27.2 Å². The third kappa shape index (κ3) is 8.01. The zero-order chi connectivity index (χ0) is 29.4. The van der Waals surface area contributed by atoms with Crippen molar-refractivity contribution in [2.75, 3.05) is 6.54 Å². The van der Waals surface area contributed by atoms with Gasteiger partial charge in [0.05, 0.1) is 4.91 Å². The van der Waals surface area contributed by atoms with Crippen molar-refractivity contribution in [2.24, 2.45) is 0 Å². The lowest BCUT2D eigenvalue weighted by Crippen LogP contribution is -2.29. The zero-order valence-corrected chi connectivity index (χ0v) is 24.4. The van der Waals surface area contributed by atoms with Crippen LogP contribution in [0, 0.1) is 12.7 Å². The van der Waals surface area contributed by atoms with Gasteiger partial charge in [-0.1, -0.05) is 68.6 Å². The van der Waals surface area contributed by atoms with Crippen LogP contribution in [0.1, 0.15) is 68.9 Å². The number of aromatic nitrogens is 2. The Kier molecular flexibility index (Phi) is 10.6. The van der Waals surface area contributed by atoms with Gasteiger partial charge in [-0.3, -0.25) is 23.7 Å². The van der Waals surface area contributed by atoms with Crippen LogP contribution in [0.15, 0.2) is 52.3 Å². The van der Waals surface area contributed by atoms with Crippen LogP contribution in [0.2, 0.25) is 0 Å². The van der Waals surface area contributed by atoms with Crippen molar-refractivity contribution in [1.29, 1.82) is 0 Å². The average molecular weight is 598 g/mol. The molecule has 0 atom stereocenters. The van der Waals surface area contributed by atoms with E-state index in [1.165, 1.54) is 34.7 Å². The fourth-order valence-electron chi connectivity index (χ4n) is 4.54. The number of rotatable bonds is 14. The van der Waals surface area contributed by atoms with Crippen LogP contribution in [-0.4, -0.2) is 42.1 Å². The molecule has 216 valence electrons. The smallest absolute Gasteiger partial charge is 0.303 e. The summed E-state index contributed by atoms with van der Waals surface area (Å²) in [4.78, 5) is 43.8. The third-order valence-electron chi connectivity index (χ3n) is 6.75. The standard InChI is InChI=1S/C30H32FN3O5S2/c1-20-11-10-18-33-26(20)32-27(39-22-15-13-21(31)14-16-22)23(28(33)37)19-24-29(38)34(30(40)41-24)17-9-7-5-3-2-4-6-8-12-25(35)36/h10-11,13-16,18-19H,2-9,12,17H2,1H3,(H,35,36)/b24-19+. The Labute approximate surface area is 247 Å². The minimum absolute atomic E-state index is 0.0177. The summed E-state index contributed by atoms with van der Waals surface area (Å²) in [6, 6.07) is 8.97. The van der Waals surface area contributed by atoms with E-state index in [1.807, 2.05) is 13.0 Å². The molecule has 11 heteroatoms. The number of pyridine rings is 1. The number of hydrogen-bond donors (Lipinski definition) is 1. The summed E-state index contributed by atoms with van der Waals surface area (Å²) in [7, 11) is 0. The number of thioether (sulfide) groups is 1. The summed E-state index contributed by atoms with van der Waals surface area (Å²) in [5.74, 6) is -1.11. The summed E-state index contributed by atoms with van der Waals surface area (Å²) < 4.78 is 21.2. The van der Waals surface area contributed by atoms with Gasteiger partial charge in [-0.05, 0) is 61.7 Å². The molecule has 3 aromatic rings. The number of carbonyl (C=O) groups excluding carboxylic acids is 1. The summed E-state index contributed by atoms with van der Waals surface area (Å²) >= 11 is 6.62. The highest BCUT2D eigenvalue weighted by Gasteiger charge is 2.32. The van der Waals surface area contributed by atoms with Crippen molar-refractivity contribution in [3.8, 4) is 11.6 Å². The van der Waals surface area contributed by atoms with Crippen LogP contribution in [0.4, 0.5) is 4.39 Å². The summed E-state index contributed by atoms with van der Waals surface area (Å²) in [5, 5.41) is 8.69. The quantitative estimate of drug-likeness (QED) is 0.124. The molecule has 0 saturated carbocycles. The Bertz CT molecular complexity index is 1520. The summed E-state index contributed by atoms with van der Waals surface area (Å²) in [5.41, 5.74) is 0.884. The first-order chi connectivity index (χ1) is 19.7. The molecular weight excluding hydrogens is 565 g/mol. The van der Waals surface area contributed by atoms with Crippen molar-refractivity contribution in [3.05, 3.63) is 74.8 Å². The van der Waals surface area contributed by atoms with Gasteiger partial charge in [-0.15, -0.1) is 0 Å². The number of carboxylic acid groups (broad SMARTS) is 1. The van der Waals surface area contributed by atoms with Gasteiger partial charge in [0.1, 0.15) is 27.1 Å². The van der Waals surface area contributed by atoms with E-state index >= 15 is 0 Å². The monoisotopic (exact) mass is 597 g/mol. The molecule has 0 bridgehead atoms. The molecule has 0 spiro atoms. The molecule has 41 heavy (non-hydrogen) atoms. The normalized spacial score (nSPS) is 14.4. The highest BCUT2D eigenvalue weighted by Crippen LogP contribution is 2.34. The molecule has 1 N–H and O–H groups in total. The minimum Gasteiger partial charge on any atom is -0.481 e. The number of carboxylic acids is 1. The number of nitrogens with zero attached hydrogens (tertiary/aromatic N) is 3. The maximum Gasteiger partial charge on any atom is 0.303 e. The number of hydrogen-bond acceptors (Lipinski definition) is 7. The van der Waals surface area contributed by atoms with Gasteiger partial charge in [-0.2, -0.15) is 4.98 Å². The first-order valence-corrected chi connectivity index (χ1v) is 14.9. The number of ether oxygens (including phenoxy) is 1. The lowest BCUT2D eigenvalue weighted by atomic mass is 10.1. The molecule has 1 amide bonds. The Balaban J connectivity index is 1.43. The lowest BCUT2D eigenvalue weighted by molar-refractivity contribution is -0.137. The number of thiocarbonyl (C=S) groups is 1. The molecule has 3 heterocycles. The van der Waals surface area contributed by atoms with E-state index in [2.05, 4.69) is 4.98 Å². The first-order valence-electron chi connectivity index (χ1n) is 13.7. The van der Waals surface area contributed by atoms with Crippen molar-refractivity contribution >= 4 is 51.9 Å². The SMILES string of the molecule is Cc1cccn2c(=O)c(/C=C3/SC(=S)N(CCCCCCCCCCC(=O)O)C3=O)c(Oc3ccc(F)cc3)nc12. The Morgan fingerprint density at radius 2 is 1.71 bits per heavy atom. The van der Waals surface area contributed by atoms with Gasteiger partial charge in [0.25, 0.3) is 11.5 Å². The van der Waals surface area contributed by atoms with Crippen LogP contribution < -0.4 is 10.3 Å². The maximum atomic E-state index is 13.5. The third-order valence-corrected chi connectivity index (χ3v) is 8.13. The highest BCUT2D eigenvalue weighted by molar-refractivity contribution is 8.26. The summed E-state index contributed by atoms with van der Waals surface area (Å²) in [6.45, 7) is 2.32. The largest absolute Gasteiger partial charge is 0.481 e. The second-order valence-corrected chi connectivity index (χ2v) is 11.6. The molecule has 0 radical (unpaired) electrons. The van der Waals surface area contributed by atoms with Crippen molar-refractivity contribution in [3.63, 3.8) is 0 Å². The highest BCUT2D eigenvalue weighted by atomic mass is 32.2. The van der Waals surface area contributed by atoms with Gasteiger partial charge in [0, 0.05) is 19.2 Å². The molecule has 1 saturated heterocycles. The molecule has 2 aromatic heterocycles. The van der Waals surface area contributed by atoms with E-state index in [-0.39, 0.29) is 23.8 Å². The number of unbranched alkanes of at least 4 members (excludes halogenated alkanes) is 7. The number of amides is 1. The molecule has 0 unspecified atom stereocenters. The molecule has 4 rings (SSSR count). The number of carbonyl (C=O) groups is 2. The fourth-order valence-corrected chi connectivity index (χ4v) is 5.83. The van der Waals surface area contributed by atoms with Crippen molar-refractivity contribution < 1.29 is 23.8 Å². The first kappa shape index (κ1) is 30.4. The van der Waals surface area contributed by atoms with E-state index in [4.69, 9.17) is 22.1 Å². The summed E-state index contributed by atoms with van der Waals surface area (Å²) in [6.07, 6.45) is 10.9. The molecule has 1 aliphatic heterocycles. The minimum atomic E-state index is -0.745. The molecular formula is C30H32FN3O5S2. The van der Waals surface area contributed by atoms with E-state index in [9.17, 15) is 18.8 Å². The number of aryl methyl sites for hydroxylation is 1. The second kappa shape index (κ2) is 14.4. The van der Waals surface area contributed by atoms with E-state index in [1.54, 1.807) is 17.2 Å². The molecule has 1 aromatic carbocycles. The number of fused-ring (bicyclic) bond motifs is 1. The number of halogens is 1. The zero-order valence-electron chi connectivity index (χ0n) is 22.8.